The minimum Gasteiger partial charge on any atom is -0.455 e. The van der Waals surface area contributed by atoms with Crippen LogP contribution in [0.2, 0.25) is 0 Å². The molecule has 1 aromatic heterocycles. The SMILES string of the molecule is O=C(Nc1ccccc1Oc1ccccc1)C1CCN(c2nc3c(F)cccc3s2)CC1. The molecule has 0 spiro atoms. The van der Waals surface area contributed by atoms with Gasteiger partial charge in [-0.25, -0.2) is 9.37 Å². The number of para-hydroxylation sites is 4. The van der Waals surface area contributed by atoms with Crippen LogP contribution in [0.15, 0.2) is 72.8 Å². The number of anilines is 2. The fraction of sp³-hybridized carbons (Fsp3) is 0.200. The zero-order chi connectivity index (χ0) is 21.9. The molecule has 0 bridgehead atoms. The van der Waals surface area contributed by atoms with E-state index in [1.54, 1.807) is 6.07 Å². The van der Waals surface area contributed by atoms with Crippen molar-refractivity contribution in [2.75, 3.05) is 23.3 Å². The zero-order valence-corrected chi connectivity index (χ0v) is 18.1. The van der Waals surface area contributed by atoms with Crippen molar-refractivity contribution in [3.63, 3.8) is 0 Å². The molecule has 1 N–H and O–H groups in total. The Labute approximate surface area is 189 Å². The van der Waals surface area contributed by atoms with Gasteiger partial charge in [-0.05, 0) is 49.2 Å². The molecule has 5 rings (SSSR count). The molecule has 1 amide bonds. The van der Waals surface area contributed by atoms with E-state index in [1.807, 2.05) is 60.7 Å². The summed E-state index contributed by atoms with van der Waals surface area (Å²) in [4.78, 5) is 19.6. The minimum absolute atomic E-state index is 0.0101. The lowest BCUT2D eigenvalue weighted by atomic mass is 9.96. The molecule has 0 radical (unpaired) electrons. The highest BCUT2D eigenvalue weighted by Crippen LogP contribution is 2.34. The second kappa shape index (κ2) is 8.96. The van der Waals surface area contributed by atoms with Crippen molar-refractivity contribution in [3.8, 4) is 11.5 Å². The first-order valence-electron chi connectivity index (χ1n) is 10.6. The third kappa shape index (κ3) is 4.29. The monoisotopic (exact) mass is 447 g/mol. The highest BCUT2D eigenvalue weighted by molar-refractivity contribution is 7.22. The molecule has 0 aliphatic carbocycles. The fourth-order valence-electron chi connectivity index (χ4n) is 3.88. The first kappa shape index (κ1) is 20.5. The van der Waals surface area contributed by atoms with Crippen molar-refractivity contribution < 1.29 is 13.9 Å². The normalized spacial score (nSPS) is 14.5. The Balaban J connectivity index is 1.23. The first-order chi connectivity index (χ1) is 15.7. The highest BCUT2D eigenvalue weighted by Gasteiger charge is 2.27. The lowest BCUT2D eigenvalue weighted by molar-refractivity contribution is -0.120. The van der Waals surface area contributed by atoms with Gasteiger partial charge in [-0.1, -0.05) is 47.7 Å². The predicted octanol–water partition coefficient (Wildman–Crippen LogP) is 6.08. The number of fused-ring (bicyclic) bond motifs is 1. The van der Waals surface area contributed by atoms with Gasteiger partial charge in [-0.3, -0.25) is 4.79 Å². The number of nitrogens with one attached hydrogen (secondary N) is 1. The smallest absolute Gasteiger partial charge is 0.227 e. The Morgan fingerprint density at radius 3 is 2.53 bits per heavy atom. The minimum atomic E-state index is -0.296. The number of nitrogens with zero attached hydrogens (tertiary/aromatic N) is 2. The Hall–Kier alpha value is -3.45. The van der Waals surface area contributed by atoms with Crippen molar-refractivity contribution in [3.05, 3.63) is 78.6 Å². The fourth-order valence-corrected chi connectivity index (χ4v) is 4.91. The summed E-state index contributed by atoms with van der Waals surface area (Å²) in [6.45, 7) is 1.42. The van der Waals surface area contributed by atoms with E-state index in [1.165, 1.54) is 17.4 Å². The summed E-state index contributed by atoms with van der Waals surface area (Å²) in [7, 11) is 0. The molecule has 0 unspecified atom stereocenters. The van der Waals surface area contributed by atoms with Crippen LogP contribution in [0.3, 0.4) is 0 Å². The molecule has 1 fully saturated rings. The Morgan fingerprint density at radius 2 is 1.75 bits per heavy atom. The summed E-state index contributed by atoms with van der Waals surface area (Å²) < 4.78 is 20.8. The third-order valence-corrected chi connectivity index (χ3v) is 6.69. The molecule has 0 atom stereocenters. The summed E-state index contributed by atoms with van der Waals surface area (Å²) in [5.41, 5.74) is 1.08. The molecule has 1 aliphatic rings. The topological polar surface area (TPSA) is 54.5 Å². The second-order valence-electron chi connectivity index (χ2n) is 7.74. The van der Waals surface area contributed by atoms with Crippen LogP contribution in [-0.4, -0.2) is 24.0 Å². The summed E-state index contributed by atoms with van der Waals surface area (Å²) in [6.07, 6.45) is 1.43. The number of hydrogen-bond donors (Lipinski definition) is 1. The maximum atomic E-state index is 14.0. The van der Waals surface area contributed by atoms with Crippen molar-refractivity contribution >= 4 is 38.3 Å². The molecule has 32 heavy (non-hydrogen) atoms. The Morgan fingerprint density at radius 1 is 1.00 bits per heavy atom. The van der Waals surface area contributed by atoms with E-state index >= 15 is 0 Å². The van der Waals surface area contributed by atoms with E-state index in [2.05, 4.69) is 15.2 Å². The average molecular weight is 448 g/mol. The molecule has 3 aromatic carbocycles. The predicted molar refractivity (Wildman–Crippen MR) is 126 cm³/mol. The van der Waals surface area contributed by atoms with E-state index in [0.717, 1.165) is 15.6 Å². The quantitative estimate of drug-likeness (QED) is 0.403. The van der Waals surface area contributed by atoms with Gasteiger partial charge in [0.05, 0.1) is 10.4 Å². The lowest BCUT2D eigenvalue weighted by Crippen LogP contribution is -2.38. The molecule has 162 valence electrons. The van der Waals surface area contributed by atoms with E-state index in [4.69, 9.17) is 4.74 Å². The third-order valence-electron chi connectivity index (χ3n) is 5.61. The number of carbonyl (C=O) groups excluding carboxylic acids is 1. The summed E-state index contributed by atoms with van der Waals surface area (Å²) in [6, 6.07) is 22.0. The van der Waals surface area contributed by atoms with Gasteiger partial charge in [-0.2, -0.15) is 0 Å². The summed E-state index contributed by atoms with van der Waals surface area (Å²) in [5.74, 6) is 0.928. The van der Waals surface area contributed by atoms with Crippen LogP contribution >= 0.6 is 11.3 Å². The number of aromatic nitrogens is 1. The number of piperidine rings is 1. The number of ether oxygens (including phenoxy) is 1. The number of halogens is 1. The van der Waals surface area contributed by atoms with Gasteiger partial charge in [-0.15, -0.1) is 0 Å². The molecule has 5 nitrogen and oxygen atoms in total. The number of amides is 1. The highest BCUT2D eigenvalue weighted by atomic mass is 32.1. The van der Waals surface area contributed by atoms with Crippen LogP contribution in [0.5, 0.6) is 11.5 Å². The molecular weight excluding hydrogens is 425 g/mol. The van der Waals surface area contributed by atoms with Gasteiger partial charge < -0.3 is 15.0 Å². The van der Waals surface area contributed by atoms with Crippen LogP contribution < -0.4 is 15.0 Å². The second-order valence-corrected chi connectivity index (χ2v) is 8.75. The molecule has 0 saturated carbocycles. The number of rotatable bonds is 5. The Kier molecular flexibility index (Phi) is 5.73. The Bertz CT molecular complexity index is 1240. The molecule has 1 aliphatic heterocycles. The van der Waals surface area contributed by atoms with Crippen molar-refractivity contribution in [1.82, 2.24) is 4.98 Å². The van der Waals surface area contributed by atoms with Crippen LogP contribution in [0.25, 0.3) is 10.2 Å². The van der Waals surface area contributed by atoms with E-state index < -0.39 is 0 Å². The van der Waals surface area contributed by atoms with Crippen molar-refractivity contribution in [2.45, 2.75) is 12.8 Å². The maximum Gasteiger partial charge on any atom is 0.227 e. The number of thiazole rings is 1. The van der Waals surface area contributed by atoms with Crippen molar-refractivity contribution in [2.24, 2.45) is 5.92 Å². The van der Waals surface area contributed by atoms with Gasteiger partial charge in [0.2, 0.25) is 5.91 Å². The maximum absolute atomic E-state index is 14.0. The molecule has 2 heterocycles. The summed E-state index contributed by atoms with van der Waals surface area (Å²) in [5, 5.41) is 3.85. The van der Waals surface area contributed by atoms with Crippen LogP contribution in [0.4, 0.5) is 15.2 Å². The average Bonchev–Trinajstić information content (AvgIpc) is 3.27. The molecule has 7 heteroatoms. The zero-order valence-electron chi connectivity index (χ0n) is 17.3. The standard InChI is InChI=1S/C25H22FN3O2S/c26-19-9-6-12-22-23(19)28-25(32-22)29-15-13-17(14-16-29)24(30)27-20-10-4-5-11-21(20)31-18-7-2-1-3-8-18/h1-12,17H,13-16H2,(H,27,30). The van der Waals surface area contributed by atoms with Gasteiger partial charge in [0.25, 0.3) is 0 Å². The van der Waals surface area contributed by atoms with Gasteiger partial charge in [0.1, 0.15) is 17.1 Å². The van der Waals surface area contributed by atoms with E-state index in [0.29, 0.717) is 42.9 Å². The van der Waals surface area contributed by atoms with Gasteiger partial charge >= 0.3 is 0 Å². The van der Waals surface area contributed by atoms with E-state index in [-0.39, 0.29) is 17.6 Å². The first-order valence-corrected chi connectivity index (χ1v) is 11.4. The number of hydrogen-bond acceptors (Lipinski definition) is 5. The van der Waals surface area contributed by atoms with Crippen molar-refractivity contribution in [1.29, 1.82) is 0 Å². The molecule has 1 saturated heterocycles. The lowest BCUT2D eigenvalue weighted by Gasteiger charge is -2.31. The van der Waals surface area contributed by atoms with Gasteiger partial charge in [0, 0.05) is 19.0 Å². The number of carbonyl (C=O) groups is 1. The van der Waals surface area contributed by atoms with Crippen LogP contribution in [0, 0.1) is 11.7 Å². The van der Waals surface area contributed by atoms with Crippen LogP contribution in [-0.2, 0) is 4.79 Å². The van der Waals surface area contributed by atoms with Gasteiger partial charge in [0.15, 0.2) is 10.9 Å². The largest absolute Gasteiger partial charge is 0.455 e. The molecular formula is C25H22FN3O2S. The molecule has 4 aromatic rings. The summed E-state index contributed by atoms with van der Waals surface area (Å²) >= 11 is 1.49. The number of benzene rings is 3. The van der Waals surface area contributed by atoms with E-state index in [9.17, 15) is 9.18 Å². The van der Waals surface area contributed by atoms with Crippen LogP contribution in [0.1, 0.15) is 12.8 Å².